The first-order valence-corrected chi connectivity index (χ1v) is 4.33. The SMILES string of the molecule is COc1ccc(Cn2ccnc2)nc1.Cl.Cl. The molecule has 2 aromatic heterocycles. The van der Waals surface area contributed by atoms with Gasteiger partial charge < -0.3 is 9.30 Å². The van der Waals surface area contributed by atoms with Crippen molar-refractivity contribution >= 4 is 24.8 Å². The summed E-state index contributed by atoms with van der Waals surface area (Å²) in [6, 6.07) is 3.85. The number of hydrogen-bond donors (Lipinski definition) is 0. The monoisotopic (exact) mass is 261 g/mol. The third-order valence-electron chi connectivity index (χ3n) is 1.94. The molecule has 0 fully saturated rings. The van der Waals surface area contributed by atoms with Gasteiger partial charge in [-0.2, -0.15) is 0 Å². The highest BCUT2D eigenvalue weighted by atomic mass is 35.5. The second-order valence-electron chi connectivity index (χ2n) is 2.92. The lowest BCUT2D eigenvalue weighted by molar-refractivity contribution is 0.412. The van der Waals surface area contributed by atoms with Gasteiger partial charge in [-0.15, -0.1) is 24.8 Å². The van der Waals surface area contributed by atoms with Crippen LogP contribution in [0.4, 0.5) is 0 Å². The lowest BCUT2D eigenvalue weighted by atomic mass is 10.3. The Morgan fingerprint density at radius 2 is 2.12 bits per heavy atom. The van der Waals surface area contributed by atoms with Crippen LogP contribution in [0.1, 0.15) is 5.69 Å². The highest BCUT2D eigenvalue weighted by Crippen LogP contribution is 2.08. The van der Waals surface area contributed by atoms with Crippen LogP contribution in [-0.4, -0.2) is 21.6 Å². The zero-order valence-corrected chi connectivity index (χ0v) is 10.4. The molecule has 0 aromatic carbocycles. The van der Waals surface area contributed by atoms with Crippen molar-refractivity contribution < 1.29 is 4.74 Å². The number of methoxy groups -OCH3 is 1. The third-order valence-corrected chi connectivity index (χ3v) is 1.94. The van der Waals surface area contributed by atoms with Gasteiger partial charge in [0, 0.05) is 12.4 Å². The molecular formula is C10H13Cl2N3O. The quantitative estimate of drug-likeness (QED) is 0.851. The third kappa shape index (κ3) is 3.72. The highest BCUT2D eigenvalue weighted by Gasteiger charge is 1.96. The first kappa shape index (κ1) is 14.7. The van der Waals surface area contributed by atoms with Gasteiger partial charge in [-0.05, 0) is 12.1 Å². The Kier molecular flexibility index (Phi) is 6.53. The normalized spacial score (nSPS) is 8.81. The second-order valence-corrected chi connectivity index (χ2v) is 2.92. The number of rotatable bonds is 3. The molecule has 0 aliphatic heterocycles. The van der Waals surface area contributed by atoms with Crippen molar-refractivity contribution in [3.05, 3.63) is 42.7 Å². The Morgan fingerprint density at radius 3 is 2.62 bits per heavy atom. The molecular weight excluding hydrogens is 249 g/mol. The Bertz CT molecular complexity index is 389. The summed E-state index contributed by atoms with van der Waals surface area (Å²) in [5.41, 5.74) is 0.990. The van der Waals surface area contributed by atoms with E-state index in [1.807, 2.05) is 22.9 Å². The molecule has 6 heteroatoms. The fraction of sp³-hybridized carbons (Fsp3) is 0.200. The van der Waals surface area contributed by atoms with Crippen molar-refractivity contribution in [3.63, 3.8) is 0 Å². The van der Waals surface area contributed by atoms with Gasteiger partial charge in [-0.25, -0.2) is 4.98 Å². The van der Waals surface area contributed by atoms with E-state index in [1.54, 1.807) is 25.8 Å². The molecule has 0 spiro atoms. The minimum absolute atomic E-state index is 0. The van der Waals surface area contributed by atoms with Gasteiger partial charge >= 0.3 is 0 Å². The van der Waals surface area contributed by atoms with Crippen molar-refractivity contribution in [3.8, 4) is 5.75 Å². The summed E-state index contributed by atoms with van der Waals surface area (Å²) in [4.78, 5) is 8.21. The summed E-state index contributed by atoms with van der Waals surface area (Å²) in [5, 5.41) is 0. The number of ether oxygens (including phenoxy) is 1. The van der Waals surface area contributed by atoms with Crippen LogP contribution in [0.15, 0.2) is 37.1 Å². The molecule has 4 nitrogen and oxygen atoms in total. The number of hydrogen-bond acceptors (Lipinski definition) is 3. The van der Waals surface area contributed by atoms with E-state index in [0.29, 0.717) is 0 Å². The molecule has 0 unspecified atom stereocenters. The van der Waals surface area contributed by atoms with Gasteiger partial charge in [0.25, 0.3) is 0 Å². The average molecular weight is 262 g/mol. The molecule has 0 atom stereocenters. The fourth-order valence-corrected chi connectivity index (χ4v) is 1.19. The van der Waals surface area contributed by atoms with E-state index in [9.17, 15) is 0 Å². The molecule has 0 bridgehead atoms. The highest BCUT2D eigenvalue weighted by molar-refractivity contribution is 5.85. The van der Waals surface area contributed by atoms with Crippen LogP contribution in [-0.2, 0) is 6.54 Å². The number of pyridine rings is 1. The lowest BCUT2D eigenvalue weighted by Gasteiger charge is -2.02. The summed E-state index contributed by atoms with van der Waals surface area (Å²) in [6.45, 7) is 0.740. The molecule has 0 amide bonds. The zero-order chi connectivity index (χ0) is 9.80. The van der Waals surface area contributed by atoms with Crippen LogP contribution in [0.5, 0.6) is 5.75 Å². The van der Waals surface area contributed by atoms with Gasteiger partial charge in [0.1, 0.15) is 5.75 Å². The Balaban J connectivity index is 0.00000112. The predicted molar refractivity (Wildman–Crippen MR) is 66.6 cm³/mol. The molecule has 0 N–H and O–H groups in total. The smallest absolute Gasteiger partial charge is 0.137 e. The lowest BCUT2D eigenvalue weighted by Crippen LogP contribution is -1.98. The van der Waals surface area contributed by atoms with Crippen molar-refractivity contribution in [1.29, 1.82) is 0 Å². The number of halogens is 2. The molecule has 2 rings (SSSR count). The molecule has 0 radical (unpaired) electrons. The molecule has 16 heavy (non-hydrogen) atoms. The minimum Gasteiger partial charge on any atom is -0.495 e. The predicted octanol–water partition coefficient (Wildman–Crippen LogP) is 2.18. The molecule has 0 saturated heterocycles. The maximum absolute atomic E-state index is 5.02. The maximum atomic E-state index is 5.02. The van der Waals surface area contributed by atoms with E-state index in [0.717, 1.165) is 18.0 Å². The summed E-state index contributed by atoms with van der Waals surface area (Å²) in [5.74, 6) is 0.777. The maximum Gasteiger partial charge on any atom is 0.137 e. The van der Waals surface area contributed by atoms with E-state index < -0.39 is 0 Å². The molecule has 88 valence electrons. The Hall–Kier alpha value is -1.26. The van der Waals surface area contributed by atoms with E-state index in [1.165, 1.54) is 0 Å². The fourth-order valence-electron chi connectivity index (χ4n) is 1.19. The van der Waals surface area contributed by atoms with Crippen LogP contribution in [0.3, 0.4) is 0 Å². The average Bonchev–Trinajstić information content (AvgIpc) is 2.72. The van der Waals surface area contributed by atoms with Crippen LogP contribution in [0.25, 0.3) is 0 Å². The molecule has 0 saturated carbocycles. The second kappa shape index (κ2) is 7.09. The van der Waals surface area contributed by atoms with Gasteiger partial charge in [0.05, 0.1) is 31.9 Å². The van der Waals surface area contributed by atoms with Gasteiger partial charge in [-0.1, -0.05) is 0 Å². The van der Waals surface area contributed by atoms with Crippen LogP contribution in [0.2, 0.25) is 0 Å². The topological polar surface area (TPSA) is 39.9 Å². The van der Waals surface area contributed by atoms with Crippen molar-refractivity contribution in [1.82, 2.24) is 14.5 Å². The number of nitrogens with zero attached hydrogens (tertiary/aromatic N) is 3. The summed E-state index contributed by atoms with van der Waals surface area (Å²) in [7, 11) is 1.63. The summed E-state index contributed by atoms with van der Waals surface area (Å²) in [6.07, 6.45) is 7.15. The van der Waals surface area contributed by atoms with Gasteiger partial charge in [0.2, 0.25) is 0 Å². The summed E-state index contributed by atoms with van der Waals surface area (Å²) < 4.78 is 6.99. The summed E-state index contributed by atoms with van der Waals surface area (Å²) >= 11 is 0. The molecule has 2 aromatic rings. The zero-order valence-electron chi connectivity index (χ0n) is 8.74. The standard InChI is InChI=1S/C10H11N3O.2ClH/c1-14-10-3-2-9(12-6-10)7-13-5-4-11-8-13;;/h2-6,8H,7H2,1H3;2*1H. The first-order chi connectivity index (χ1) is 6.88. The van der Waals surface area contributed by atoms with Crippen molar-refractivity contribution in [2.24, 2.45) is 0 Å². The molecule has 2 heterocycles. The minimum atomic E-state index is 0. The first-order valence-electron chi connectivity index (χ1n) is 4.33. The molecule has 0 aliphatic carbocycles. The van der Waals surface area contributed by atoms with E-state index in [-0.39, 0.29) is 24.8 Å². The van der Waals surface area contributed by atoms with E-state index >= 15 is 0 Å². The Labute approximate surface area is 106 Å². The van der Waals surface area contributed by atoms with Gasteiger partial charge in [-0.3, -0.25) is 4.98 Å². The van der Waals surface area contributed by atoms with E-state index in [2.05, 4.69) is 9.97 Å². The number of imidazole rings is 1. The van der Waals surface area contributed by atoms with Crippen LogP contribution >= 0.6 is 24.8 Å². The molecule has 0 aliphatic rings. The van der Waals surface area contributed by atoms with E-state index in [4.69, 9.17) is 4.74 Å². The van der Waals surface area contributed by atoms with Gasteiger partial charge in [0.15, 0.2) is 0 Å². The van der Waals surface area contributed by atoms with Crippen LogP contribution < -0.4 is 4.74 Å². The van der Waals surface area contributed by atoms with Crippen molar-refractivity contribution in [2.75, 3.05) is 7.11 Å². The van der Waals surface area contributed by atoms with Crippen LogP contribution in [0, 0.1) is 0 Å². The largest absolute Gasteiger partial charge is 0.495 e. The van der Waals surface area contributed by atoms with Crippen molar-refractivity contribution in [2.45, 2.75) is 6.54 Å². The number of aromatic nitrogens is 3. The Morgan fingerprint density at radius 1 is 1.31 bits per heavy atom.